The standard InChI is InChI=1S/C19H22N4O4/c24-10-9-23-7-5-15(6-8-23)21-18(25)14-3-1-13(2-4-14)16-11-20-12-17(22-16)19(26)27/h1-4,11-12,15,24H,5-10H2,(H,21,25)(H,26,27). The molecule has 0 atom stereocenters. The summed E-state index contributed by atoms with van der Waals surface area (Å²) in [5, 5.41) is 21.0. The first-order valence-electron chi connectivity index (χ1n) is 8.86. The highest BCUT2D eigenvalue weighted by Crippen LogP contribution is 2.18. The number of carbonyl (C=O) groups excluding carboxylic acids is 1. The number of carboxylic acids is 1. The lowest BCUT2D eigenvalue weighted by Gasteiger charge is -2.31. The SMILES string of the molecule is O=C(NC1CCN(CCO)CC1)c1ccc(-c2cncc(C(=O)O)n2)cc1. The Morgan fingerprint density at radius 2 is 1.85 bits per heavy atom. The van der Waals surface area contributed by atoms with Crippen molar-refractivity contribution in [2.24, 2.45) is 0 Å². The van der Waals surface area contributed by atoms with Gasteiger partial charge in [-0.05, 0) is 25.0 Å². The Hall–Kier alpha value is -2.84. The van der Waals surface area contributed by atoms with Crippen molar-refractivity contribution in [3.8, 4) is 11.3 Å². The van der Waals surface area contributed by atoms with Gasteiger partial charge in [-0.25, -0.2) is 9.78 Å². The summed E-state index contributed by atoms with van der Waals surface area (Å²) in [6, 6.07) is 6.98. The van der Waals surface area contributed by atoms with Gasteiger partial charge < -0.3 is 20.4 Å². The highest BCUT2D eigenvalue weighted by atomic mass is 16.4. The fourth-order valence-corrected chi connectivity index (χ4v) is 3.11. The fourth-order valence-electron chi connectivity index (χ4n) is 3.11. The number of amides is 1. The summed E-state index contributed by atoms with van der Waals surface area (Å²) in [5.41, 5.74) is 1.55. The van der Waals surface area contributed by atoms with Crippen molar-refractivity contribution >= 4 is 11.9 Å². The van der Waals surface area contributed by atoms with E-state index >= 15 is 0 Å². The number of piperidine rings is 1. The molecule has 0 aliphatic carbocycles. The molecule has 0 spiro atoms. The number of aliphatic hydroxyl groups is 1. The monoisotopic (exact) mass is 370 g/mol. The van der Waals surface area contributed by atoms with E-state index in [1.807, 2.05) is 0 Å². The summed E-state index contributed by atoms with van der Waals surface area (Å²) in [5.74, 6) is -1.27. The summed E-state index contributed by atoms with van der Waals surface area (Å²) in [7, 11) is 0. The lowest BCUT2D eigenvalue weighted by molar-refractivity contribution is 0.0689. The van der Waals surface area contributed by atoms with E-state index in [4.69, 9.17) is 10.2 Å². The second kappa shape index (κ2) is 8.70. The van der Waals surface area contributed by atoms with Crippen molar-refractivity contribution < 1.29 is 19.8 Å². The van der Waals surface area contributed by atoms with E-state index in [0.717, 1.165) is 25.9 Å². The molecular weight excluding hydrogens is 348 g/mol. The van der Waals surface area contributed by atoms with E-state index < -0.39 is 5.97 Å². The molecule has 142 valence electrons. The topological polar surface area (TPSA) is 116 Å². The number of hydrogen-bond acceptors (Lipinski definition) is 6. The minimum atomic E-state index is -1.13. The van der Waals surface area contributed by atoms with Gasteiger partial charge in [0.25, 0.3) is 5.91 Å². The number of nitrogens with zero attached hydrogens (tertiary/aromatic N) is 3. The second-order valence-corrected chi connectivity index (χ2v) is 6.49. The Labute approximate surface area is 156 Å². The lowest BCUT2D eigenvalue weighted by Crippen LogP contribution is -2.45. The Balaban J connectivity index is 1.61. The lowest BCUT2D eigenvalue weighted by atomic mass is 10.0. The fraction of sp³-hybridized carbons (Fsp3) is 0.368. The second-order valence-electron chi connectivity index (χ2n) is 6.49. The minimum Gasteiger partial charge on any atom is -0.476 e. The molecule has 1 aliphatic rings. The molecule has 2 aromatic rings. The van der Waals surface area contributed by atoms with Crippen LogP contribution in [0.25, 0.3) is 11.3 Å². The Kier molecular flexibility index (Phi) is 6.10. The highest BCUT2D eigenvalue weighted by molar-refractivity contribution is 5.94. The van der Waals surface area contributed by atoms with E-state index in [1.165, 1.54) is 12.4 Å². The molecule has 0 radical (unpaired) electrons. The first-order chi connectivity index (χ1) is 13.1. The zero-order chi connectivity index (χ0) is 19.2. The number of nitrogens with one attached hydrogen (secondary N) is 1. The number of carboxylic acid groups (broad SMARTS) is 1. The van der Waals surface area contributed by atoms with Crippen LogP contribution in [0.15, 0.2) is 36.7 Å². The zero-order valence-corrected chi connectivity index (χ0v) is 14.8. The molecule has 3 rings (SSSR count). The predicted octanol–water partition coefficient (Wildman–Crippen LogP) is 1.03. The first kappa shape index (κ1) is 18.9. The molecule has 0 saturated carbocycles. The molecule has 3 N–H and O–H groups in total. The quantitative estimate of drug-likeness (QED) is 0.695. The number of rotatable bonds is 6. The molecule has 0 unspecified atom stereocenters. The van der Waals surface area contributed by atoms with E-state index in [2.05, 4.69) is 20.2 Å². The van der Waals surface area contributed by atoms with Crippen LogP contribution in [0, 0.1) is 0 Å². The van der Waals surface area contributed by atoms with Crippen LogP contribution in [0.4, 0.5) is 0 Å². The maximum Gasteiger partial charge on any atom is 0.356 e. The smallest absolute Gasteiger partial charge is 0.356 e. The van der Waals surface area contributed by atoms with Gasteiger partial charge in [0.1, 0.15) is 0 Å². The number of β-amino-alcohol motifs (C(OH)–C–C–N with tert-alkyl or cyclic N) is 1. The van der Waals surface area contributed by atoms with E-state index in [-0.39, 0.29) is 24.2 Å². The minimum absolute atomic E-state index is 0.123. The Morgan fingerprint density at radius 3 is 2.48 bits per heavy atom. The Morgan fingerprint density at radius 1 is 1.15 bits per heavy atom. The average molecular weight is 370 g/mol. The summed E-state index contributed by atoms with van der Waals surface area (Å²) in [6.45, 7) is 2.56. The van der Waals surface area contributed by atoms with E-state index in [9.17, 15) is 9.59 Å². The average Bonchev–Trinajstić information content (AvgIpc) is 2.70. The number of aromatic carboxylic acids is 1. The first-order valence-corrected chi connectivity index (χ1v) is 8.86. The molecule has 1 fully saturated rings. The van der Waals surface area contributed by atoms with E-state index in [1.54, 1.807) is 24.3 Å². The number of likely N-dealkylation sites (tertiary alicyclic amines) is 1. The van der Waals surface area contributed by atoms with Gasteiger partial charge in [0.15, 0.2) is 5.69 Å². The van der Waals surface area contributed by atoms with Crippen LogP contribution in [0.2, 0.25) is 0 Å². The third-order valence-electron chi connectivity index (χ3n) is 4.64. The summed E-state index contributed by atoms with van der Waals surface area (Å²) in [6.07, 6.45) is 4.41. The normalized spacial score (nSPS) is 15.4. The van der Waals surface area contributed by atoms with Gasteiger partial charge in [-0.15, -0.1) is 0 Å². The third kappa shape index (κ3) is 4.87. The molecule has 1 aromatic carbocycles. The van der Waals surface area contributed by atoms with Crippen molar-refractivity contribution in [1.29, 1.82) is 0 Å². The highest BCUT2D eigenvalue weighted by Gasteiger charge is 2.20. The molecule has 1 saturated heterocycles. The molecular formula is C19H22N4O4. The van der Waals surface area contributed by atoms with Gasteiger partial charge in [0.05, 0.1) is 24.7 Å². The Bertz CT molecular complexity index is 802. The van der Waals surface area contributed by atoms with Gasteiger partial charge in [0.2, 0.25) is 0 Å². The van der Waals surface area contributed by atoms with Crippen molar-refractivity contribution in [2.75, 3.05) is 26.2 Å². The van der Waals surface area contributed by atoms with Crippen LogP contribution in [-0.4, -0.2) is 69.2 Å². The van der Waals surface area contributed by atoms with E-state index in [0.29, 0.717) is 23.4 Å². The number of benzene rings is 1. The van der Waals surface area contributed by atoms with Crippen LogP contribution < -0.4 is 5.32 Å². The summed E-state index contributed by atoms with van der Waals surface area (Å²) >= 11 is 0. The van der Waals surface area contributed by atoms with Gasteiger partial charge in [-0.3, -0.25) is 9.78 Å². The van der Waals surface area contributed by atoms with Gasteiger partial charge in [0, 0.05) is 36.8 Å². The number of aliphatic hydroxyl groups excluding tert-OH is 1. The number of carbonyl (C=O) groups is 2. The van der Waals surface area contributed by atoms with Crippen LogP contribution in [0.3, 0.4) is 0 Å². The molecule has 1 amide bonds. The third-order valence-corrected chi connectivity index (χ3v) is 4.64. The molecule has 8 heteroatoms. The summed E-state index contributed by atoms with van der Waals surface area (Å²) in [4.78, 5) is 33.6. The maximum atomic E-state index is 12.4. The largest absolute Gasteiger partial charge is 0.476 e. The zero-order valence-electron chi connectivity index (χ0n) is 14.8. The van der Waals surface area contributed by atoms with Crippen LogP contribution >= 0.6 is 0 Å². The summed E-state index contributed by atoms with van der Waals surface area (Å²) < 4.78 is 0. The van der Waals surface area contributed by atoms with Crippen molar-refractivity contribution in [3.05, 3.63) is 47.9 Å². The van der Waals surface area contributed by atoms with Crippen LogP contribution in [-0.2, 0) is 0 Å². The number of hydrogen-bond donors (Lipinski definition) is 3. The van der Waals surface area contributed by atoms with Gasteiger partial charge >= 0.3 is 5.97 Å². The van der Waals surface area contributed by atoms with Gasteiger partial charge in [-0.2, -0.15) is 0 Å². The molecule has 1 aromatic heterocycles. The molecule has 8 nitrogen and oxygen atoms in total. The molecule has 1 aliphatic heterocycles. The van der Waals surface area contributed by atoms with Gasteiger partial charge in [-0.1, -0.05) is 12.1 Å². The molecule has 0 bridgehead atoms. The predicted molar refractivity (Wildman–Crippen MR) is 98.4 cm³/mol. The van der Waals surface area contributed by atoms with Crippen LogP contribution in [0.1, 0.15) is 33.7 Å². The molecule has 2 heterocycles. The van der Waals surface area contributed by atoms with Crippen LogP contribution in [0.5, 0.6) is 0 Å². The number of aromatic nitrogens is 2. The van der Waals surface area contributed by atoms with Crippen molar-refractivity contribution in [3.63, 3.8) is 0 Å². The molecule has 27 heavy (non-hydrogen) atoms. The maximum absolute atomic E-state index is 12.4. The van der Waals surface area contributed by atoms with Crippen molar-refractivity contribution in [2.45, 2.75) is 18.9 Å². The van der Waals surface area contributed by atoms with Crippen molar-refractivity contribution in [1.82, 2.24) is 20.2 Å².